The number of carbonyl (C=O) groups excluding carboxylic acids is 1. The molecule has 0 spiro atoms. The second-order valence-corrected chi connectivity index (χ2v) is 9.55. The number of nitrogen functional groups attached to an aromatic ring is 1. The summed E-state index contributed by atoms with van der Waals surface area (Å²) in [5, 5.41) is 0. The van der Waals surface area contributed by atoms with Gasteiger partial charge in [-0.3, -0.25) is 14.3 Å². The second kappa shape index (κ2) is 10.3. The van der Waals surface area contributed by atoms with Crippen LogP contribution in [0, 0.1) is 0 Å². The molecular weight excluding hydrogens is 488 g/mol. The third-order valence-electron chi connectivity index (χ3n) is 6.34. The molecule has 1 unspecified atom stereocenters. The maximum atomic E-state index is 12.8. The van der Waals surface area contributed by atoms with E-state index in [1.54, 1.807) is 23.6 Å². The Labute approximate surface area is 209 Å². The molecule has 3 aromatic rings. The van der Waals surface area contributed by atoms with Gasteiger partial charge in [0.1, 0.15) is 6.17 Å². The summed E-state index contributed by atoms with van der Waals surface area (Å²) in [7, 11) is -2.59. The Bertz CT molecular complexity index is 1310. The van der Waals surface area contributed by atoms with Crippen molar-refractivity contribution in [2.24, 2.45) is 0 Å². The predicted octanol–water partition coefficient (Wildman–Crippen LogP) is -0.676. The first-order valence-electron chi connectivity index (χ1n) is 11.7. The van der Waals surface area contributed by atoms with Gasteiger partial charge in [0.05, 0.1) is 31.0 Å². The molecule has 1 amide bonds. The van der Waals surface area contributed by atoms with Crippen molar-refractivity contribution >= 4 is 39.5 Å². The molecule has 0 radical (unpaired) electrons. The van der Waals surface area contributed by atoms with Crippen LogP contribution in [0.5, 0.6) is 0 Å². The summed E-state index contributed by atoms with van der Waals surface area (Å²) in [5.74, 6) is 1.09. The van der Waals surface area contributed by atoms with E-state index in [1.165, 1.54) is 0 Å². The van der Waals surface area contributed by atoms with Crippen molar-refractivity contribution in [3.05, 3.63) is 18.7 Å². The van der Waals surface area contributed by atoms with E-state index in [0.717, 1.165) is 0 Å². The van der Waals surface area contributed by atoms with E-state index in [1.807, 2.05) is 16.4 Å². The number of imidazole rings is 1. The lowest BCUT2D eigenvalue weighted by Gasteiger charge is -2.41. The fourth-order valence-corrected chi connectivity index (χ4v) is 5.12. The van der Waals surface area contributed by atoms with Crippen molar-refractivity contribution < 1.29 is 17.9 Å². The lowest BCUT2D eigenvalue weighted by atomic mass is 10.2. The van der Waals surface area contributed by atoms with Crippen molar-refractivity contribution in [2.45, 2.75) is 19.5 Å². The van der Waals surface area contributed by atoms with Gasteiger partial charge in [0.2, 0.25) is 11.9 Å². The molecule has 0 aromatic carbocycles. The van der Waals surface area contributed by atoms with Gasteiger partial charge in [-0.2, -0.15) is 0 Å². The van der Waals surface area contributed by atoms with Crippen LogP contribution in [0.2, 0.25) is 0 Å². The van der Waals surface area contributed by atoms with Gasteiger partial charge in [-0.25, -0.2) is 33.3 Å². The number of fused-ring (bicyclic) bond motifs is 1. The second-order valence-electron chi connectivity index (χ2n) is 8.60. The average Bonchev–Trinajstić information content (AvgIpc) is 3.32. The van der Waals surface area contributed by atoms with Crippen LogP contribution in [0.3, 0.4) is 0 Å². The summed E-state index contributed by atoms with van der Waals surface area (Å²) in [6, 6.07) is 0. The molecule has 0 bridgehead atoms. The van der Waals surface area contributed by atoms with Crippen LogP contribution < -0.4 is 10.6 Å². The summed E-state index contributed by atoms with van der Waals surface area (Å²) >= 11 is 0. The fourth-order valence-electron chi connectivity index (χ4n) is 4.54. The Hall–Kier alpha value is -3.43. The van der Waals surface area contributed by atoms with Crippen molar-refractivity contribution in [3.63, 3.8) is 0 Å². The van der Waals surface area contributed by atoms with E-state index in [4.69, 9.17) is 20.4 Å². The lowest BCUT2D eigenvalue weighted by molar-refractivity contribution is -0.138. The van der Waals surface area contributed by atoms with Gasteiger partial charge in [-0.05, 0) is 0 Å². The van der Waals surface area contributed by atoms with Crippen molar-refractivity contribution in [1.29, 1.82) is 0 Å². The van der Waals surface area contributed by atoms with Gasteiger partial charge in [-0.1, -0.05) is 6.92 Å². The number of ether oxygens (including phenoxy) is 1. The van der Waals surface area contributed by atoms with Crippen molar-refractivity contribution in [1.82, 2.24) is 39.3 Å². The van der Waals surface area contributed by atoms with Gasteiger partial charge in [0.15, 0.2) is 33.5 Å². The molecule has 192 valence electrons. The highest BCUT2D eigenvalue weighted by molar-refractivity contribution is 7.72. The maximum Gasteiger partial charge on any atom is 0.224 e. The van der Waals surface area contributed by atoms with E-state index in [9.17, 15) is 13.2 Å². The number of hydrogen-bond donors (Lipinski definition) is 2. The minimum absolute atomic E-state index is 0.0253. The zero-order valence-electron chi connectivity index (χ0n) is 19.9. The van der Waals surface area contributed by atoms with Crippen LogP contribution in [0.4, 0.5) is 11.8 Å². The van der Waals surface area contributed by atoms with Gasteiger partial charge in [-0.15, -0.1) is 0 Å². The van der Waals surface area contributed by atoms with E-state index < -0.39 is 16.9 Å². The summed E-state index contributed by atoms with van der Waals surface area (Å²) < 4.78 is 30.2. The Morgan fingerprint density at radius 3 is 2.56 bits per heavy atom. The highest BCUT2D eigenvalue weighted by atomic mass is 32.2. The quantitative estimate of drug-likeness (QED) is 0.397. The number of amides is 1. The van der Waals surface area contributed by atoms with E-state index in [2.05, 4.69) is 19.9 Å². The van der Waals surface area contributed by atoms with Crippen LogP contribution in [0.25, 0.3) is 22.6 Å². The molecule has 2 aliphatic heterocycles. The highest BCUT2D eigenvalue weighted by Gasteiger charge is 2.33. The normalized spacial score (nSPS) is 19.3. The minimum atomic E-state index is -2.59. The predicted molar refractivity (Wildman–Crippen MR) is 132 cm³/mol. The number of thiol groups is 1. The SMILES string of the molecule is CCC(=O)N1CCN(C[SH](=O)=O)CC1n1cnc2c(N3CCOCC3)nc(-c3cnc(N)nc3)nc21. The number of nitrogens with two attached hydrogens (primary N) is 1. The number of nitrogens with zero attached hydrogens (tertiary/aromatic N) is 9. The maximum absolute atomic E-state index is 12.8. The molecule has 1 atom stereocenters. The highest BCUT2D eigenvalue weighted by Crippen LogP contribution is 2.31. The molecule has 2 N–H and O–H groups in total. The molecule has 15 heteroatoms. The Morgan fingerprint density at radius 2 is 1.86 bits per heavy atom. The lowest BCUT2D eigenvalue weighted by Crippen LogP contribution is -2.52. The van der Waals surface area contributed by atoms with E-state index in [0.29, 0.717) is 80.7 Å². The standard InChI is InChI=1S/C21H28N10O4S/c1-2-16(32)30-4-3-28(13-36(33)34)11-15(30)31-12-25-17-19(29-5-7-35-8-6-29)26-18(27-20(17)31)14-9-23-21(22)24-10-14/h9-10,12,15,36H,2-8,11,13H2,1H3,(H2,22,23,24). The summed E-state index contributed by atoms with van der Waals surface area (Å²) in [5.41, 5.74) is 7.38. The van der Waals surface area contributed by atoms with Gasteiger partial charge >= 0.3 is 0 Å². The Morgan fingerprint density at radius 1 is 1.11 bits per heavy atom. The van der Waals surface area contributed by atoms with Crippen molar-refractivity contribution in [2.75, 3.05) is 62.4 Å². The minimum Gasteiger partial charge on any atom is -0.378 e. The topological polar surface area (TPSA) is 166 Å². The van der Waals surface area contributed by atoms with Crippen LogP contribution in [-0.2, 0) is 20.2 Å². The van der Waals surface area contributed by atoms with Crippen LogP contribution in [-0.4, -0.2) is 105 Å². The first kappa shape index (κ1) is 24.3. The van der Waals surface area contributed by atoms with Gasteiger partial charge in [0, 0.05) is 51.5 Å². The summed E-state index contributed by atoms with van der Waals surface area (Å²) in [4.78, 5) is 40.9. The van der Waals surface area contributed by atoms with E-state index >= 15 is 0 Å². The number of rotatable bonds is 6. The van der Waals surface area contributed by atoms with Gasteiger partial charge < -0.3 is 20.3 Å². The number of aromatic nitrogens is 6. The largest absolute Gasteiger partial charge is 0.378 e. The monoisotopic (exact) mass is 516 g/mol. The van der Waals surface area contributed by atoms with Crippen LogP contribution >= 0.6 is 0 Å². The molecule has 14 nitrogen and oxygen atoms in total. The number of hydrogen-bond acceptors (Lipinski definition) is 12. The van der Waals surface area contributed by atoms with Crippen LogP contribution in [0.15, 0.2) is 18.7 Å². The number of anilines is 2. The zero-order valence-corrected chi connectivity index (χ0v) is 20.8. The zero-order chi connectivity index (χ0) is 25.2. The molecule has 0 aliphatic carbocycles. The summed E-state index contributed by atoms with van der Waals surface area (Å²) in [6.07, 6.45) is 4.63. The van der Waals surface area contributed by atoms with E-state index in [-0.39, 0.29) is 17.7 Å². The number of morpholine rings is 1. The number of carbonyl (C=O) groups is 1. The van der Waals surface area contributed by atoms with Gasteiger partial charge in [0.25, 0.3) is 0 Å². The Balaban J connectivity index is 1.64. The fraction of sp³-hybridized carbons (Fsp3) is 0.524. The molecular formula is C21H28N10O4S. The van der Waals surface area contributed by atoms with Crippen molar-refractivity contribution in [3.8, 4) is 11.4 Å². The van der Waals surface area contributed by atoms with Crippen LogP contribution in [0.1, 0.15) is 19.5 Å². The molecule has 5 heterocycles. The molecule has 2 saturated heterocycles. The molecule has 36 heavy (non-hydrogen) atoms. The Kier molecular flexibility index (Phi) is 6.93. The first-order chi connectivity index (χ1) is 17.4. The first-order valence-corrected chi connectivity index (χ1v) is 13.1. The molecule has 0 saturated carbocycles. The smallest absolute Gasteiger partial charge is 0.224 e. The molecule has 5 rings (SSSR count). The molecule has 3 aromatic heterocycles. The third kappa shape index (κ3) is 4.81. The summed E-state index contributed by atoms with van der Waals surface area (Å²) in [6.45, 7) is 5.44. The molecule has 2 fully saturated rings. The average molecular weight is 517 g/mol. The third-order valence-corrected chi connectivity index (χ3v) is 6.97. The number of piperazine rings is 1. The molecule has 2 aliphatic rings.